The maximum atomic E-state index is 12.2. The zero-order valence-electron chi connectivity index (χ0n) is 12.5. The van der Waals surface area contributed by atoms with Crippen LogP contribution in [0.2, 0.25) is 5.02 Å². The largest absolute Gasteiger partial charge is 0.451 e. The van der Waals surface area contributed by atoms with Crippen LogP contribution in [0.3, 0.4) is 0 Å². The van der Waals surface area contributed by atoms with E-state index in [9.17, 15) is 9.59 Å². The summed E-state index contributed by atoms with van der Waals surface area (Å²) < 4.78 is 5.55. The maximum Gasteiger partial charge on any atom is 0.287 e. The van der Waals surface area contributed by atoms with E-state index in [1.165, 1.54) is 0 Å². The van der Waals surface area contributed by atoms with Gasteiger partial charge in [0.05, 0.1) is 6.54 Å². The van der Waals surface area contributed by atoms with Crippen molar-refractivity contribution >= 4 is 34.3 Å². The highest BCUT2D eigenvalue weighted by atomic mass is 35.5. The van der Waals surface area contributed by atoms with Gasteiger partial charge in [0.15, 0.2) is 11.5 Å². The standard InChI is InChI=1S/C16H18ClNO3/c1-9-11-7-10(17)5-6-12(11)21-14(9)15(20)18-8-13(19)16(2,3)4/h5-7H,8H2,1-4H3,(H,18,20). The smallest absolute Gasteiger partial charge is 0.287 e. The summed E-state index contributed by atoms with van der Waals surface area (Å²) in [5.41, 5.74) is 0.835. The molecule has 0 aliphatic carbocycles. The van der Waals surface area contributed by atoms with Crippen molar-refractivity contribution in [2.75, 3.05) is 6.54 Å². The molecule has 1 aromatic carbocycles. The van der Waals surface area contributed by atoms with Crippen LogP contribution in [0.15, 0.2) is 22.6 Å². The van der Waals surface area contributed by atoms with Crippen LogP contribution in [-0.2, 0) is 4.79 Å². The molecule has 5 heteroatoms. The van der Waals surface area contributed by atoms with E-state index < -0.39 is 11.3 Å². The fraction of sp³-hybridized carbons (Fsp3) is 0.375. The van der Waals surface area contributed by atoms with Crippen LogP contribution in [0, 0.1) is 12.3 Å². The van der Waals surface area contributed by atoms with Crippen LogP contribution >= 0.6 is 11.6 Å². The fourth-order valence-corrected chi connectivity index (χ4v) is 2.09. The first kappa shape index (κ1) is 15.6. The number of ketones is 1. The number of carbonyl (C=O) groups is 2. The number of hydrogen-bond donors (Lipinski definition) is 1. The topological polar surface area (TPSA) is 59.3 Å². The van der Waals surface area contributed by atoms with E-state index in [4.69, 9.17) is 16.0 Å². The van der Waals surface area contributed by atoms with Gasteiger partial charge < -0.3 is 9.73 Å². The third-order valence-corrected chi connectivity index (χ3v) is 3.59. The molecule has 1 heterocycles. The fourth-order valence-electron chi connectivity index (χ4n) is 1.92. The number of aryl methyl sites for hydroxylation is 1. The minimum absolute atomic E-state index is 0.0143. The maximum absolute atomic E-state index is 12.2. The second kappa shape index (κ2) is 5.53. The van der Waals surface area contributed by atoms with E-state index in [-0.39, 0.29) is 18.1 Å². The summed E-state index contributed by atoms with van der Waals surface area (Å²) in [6.45, 7) is 7.23. The Kier molecular flexibility index (Phi) is 4.10. The first-order valence-electron chi connectivity index (χ1n) is 6.70. The molecule has 0 saturated heterocycles. The van der Waals surface area contributed by atoms with Crippen molar-refractivity contribution in [2.24, 2.45) is 5.41 Å². The number of fused-ring (bicyclic) bond motifs is 1. The number of rotatable bonds is 3. The van der Waals surface area contributed by atoms with Crippen LogP contribution in [-0.4, -0.2) is 18.2 Å². The summed E-state index contributed by atoms with van der Waals surface area (Å²) >= 11 is 5.95. The second-order valence-electron chi connectivity index (χ2n) is 6.05. The van der Waals surface area contributed by atoms with Gasteiger partial charge in [0.2, 0.25) is 0 Å². The van der Waals surface area contributed by atoms with Crippen molar-refractivity contribution in [1.82, 2.24) is 5.32 Å². The molecule has 0 unspecified atom stereocenters. The van der Waals surface area contributed by atoms with Crippen molar-refractivity contribution < 1.29 is 14.0 Å². The summed E-state index contributed by atoms with van der Waals surface area (Å²) in [5, 5.41) is 3.99. The Balaban J connectivity index is 2.20. The van der Waals surface area contributed by atoms with E-state index in [1.807, 2.05) is 20.8 Å². The number of amides is 1. The molecule has 2 aromatic rings. The minimum atomic E-state index is -0.482. The molecule has 1 aromatic heterocycles. The van der Waals surface area contributed by atoms with Crippen molar-refractivity contribution in [3.05, 3.63) is 34.5 Å². The summed E-state index contributed by atoms with van der Waals surface area (Å²) in [4.78, 5) is 24.0. The summed E-state index contributed by atoms with van der Waals surface area (Å²) in [7, 11) is 0. The number of hydrogen-bond acceptors (Lipinski definition) is 3. The van der Waals surface area contributed by atoms with Crippen molar-refractivity contribution in [1.29, 1.82) is 0 Å². The SMILES string of the molecule is Cc1c(C(=O)NCC(=O)C(C)(C)C)oc2ccc(Cl)cc12. The molecular formula is C16H18ClNO3. The van der Waals surface area contributed by atoms with Crippen LogP contribution in [0.25, 0.3) is 11.0 Å². The van der Waals surface area contributed by atoms with E-state index in [1.54, 1.807) is 25.1 Å². The monoisotopic (exact) mass is 307 g/mol. The van der Waals surface area contributed by atoms with Gasteiger partial charge in [-0.15, -0.1) is 0 Å². The van der Waals surface area contributed by atoms with Crippen LogP contribution in [0.4, 0.5) is 0 Å². The number of carbonyl (C=O) groups excluding carboxylic acids is 2. The zero-order valence-corrected chi connectivity index (χ0v) is 13.3. The second-order valence-corrected chi connectivity index (χ2v) is 6.49. The third-order valence-electron chi connectivity index (χ3n) is 3.35. The van der Waals surface area contributed by atoms with E-state index >= 15 is 0 Å². The summed E-state index contributed by atoms with van der Waals surface area (Å²) in [5.74, 6) is -0.209. The third kappa shape index (κ3) is 3.27. The van der Waals surface area contributed by atoms with E-state index in [2.05, 4.69) is 5.32 Å². The Hall–Kier alpha value is -1.81. The van der Waals surface area contributed by atoms with Gasteiger partial charge in [-0.2, -0.15) is 0 Å². The molecule has 0 fully saturated rings. The number of furan rings is 1. The van der Waals surface area contributed by atoms with Crippen LogP contribution in [0.1, 0.15) is 36.9 Å². The summed E-state index contributed by atoms with van der Waals surface area (Å²) in [6.07, 6.45) is 0. The number of halogens is 1. The highest BCUT2D eigenvalue weighted by molar-refractivity contribution is 6.31. The molecule has 0 aliphatic heterocycles. The van der Waals surface area contributed by atoms with Gasteiger partial charge in [-0.25, -0.2) is 0 Å². The molecule has 0 radical (unpaired) electrons. The average molecular weight is 308 g/mol. The van der Waals surface area contributed by atoms with Gasteiger partial charge in [0, 0.05) is 21.4 Å². The van der Waals surface area contributed by atoms with E-state index in [0.29, 0.717) is 16.2 Å². The molecule has 112 valence electrons. The molecule has 4 nitrogen and oxygen atoms in total. The molecule has 2 rings (SSSR count). The van der Waals surface area contributed by atoms with Gasteiger partial charge in [-0.3, -0.25) is 9.59 Å². The summed E-state index contributed by atoms with van der Waals surface area (Å²) in [6, 6.07) is 5.19. The Labute approximate surface area is 128 Å². The molecule has 1 amide bonds. The zero-order chi connectivity index (χ0) is 15.8. The molecule has 0 bridgehead atoms. The molecule has 0 aliphatic rings. The number of benzene rings is 1. The lowest BCUT2D eigenvalue weighted by Crippen LogP contribution is -2.35. The Morgan fingerprint density at radius 2 is 1.95 bits per heavy atom. The lowest BCUT2D eigenvalue weighted by Gasteiger charge is -2.16. The molecule has 21 heavy (non-hydrogen) atoms. The predicted octanol–water partition coefficient (Wildman–Crippen LogP) is 3.74. The van der Waals surface area contributed by atoms with Gasteiger partial charge in [0.25, 0.3) is 5.91 Å². The van der Waals surface area contributed by atoms with Crippen molar-refractivity contribution in [3.8, 4) is 0 Å². The van der Waals surface area contributed by atoms with Crippen molar-refractivity contribution in [2.45, 2.75) is 27.7 Å². The van der Waals surface area contributed by atoms with Gasteiger partial charge >= 0.3 is 0 Å². The quantitative estimate of drug-likeness (QED) is 0.939. The molecular weight excluding hydrogens is 290 g/mol. The number of nitrogens with one attached hydrogen (secondary N) is 1. The van der Waals surface area contributed by atoms with Crippen molar-refractivity contribution in [3.63, 3.8) is 0 Å². The lowest BCUT2D eigenvalue weighted by molar-refractivity contribution is -0.125. The average Bonchev–Trinajstić information content (AvgIpc) is 2.72. The Bertz CT molecular complexity index is 710. The molecule has 1 N–H and O–H groups in total. The minimum Gasteiger partial charge on any atom is -0.451 e. The Morgan fingerprint density at radius 1 is 1.29 bits per heavy atom. The molecule has 0 saturated carbocycles. The highest BCUT2D eigenvalue weighted by Gasteiger charge is 2.23. The predicted molar refractivity (Wildman–Crippen MR) is 82.8 cm³/mol. The van der Waals surface area contributed by atoms with Gasteiger partial charge in [-0.1, -0.05) is 32.4 Å². The van der Waals surface area contributed by atoms with E-state index in [0.717, 1.165) is 5.39 Å². The van der Waals surface area contributed by atoms with Gasteiger partial charge in [-0.05, 0) is 25.1 Å². The normalized spacial score (nSPS) is 11.7. The van der Waals surface area contributed by atoms with Gasteiger partial charge in [0.1, 0.15) is 5.58 Å². The number of Topliss-reactive ketones (excluding diaryl/α,β-unsaturated/α-hetero) is 1. The first-order valence-corrected chi connectivity index (χ1v) is 7.08. The molecule has 0 spiro atoms. The van der Waals surface area contributed by atoms with Crippen LogP contribution < -0.4 is 5.32 Å². The van der Waals surface area contributed by atoms with Crippen LogP contribution in [0.5, 0.6) is 0 Å². The Morgan fingerprint density at radius 3 is 2.57 bits per heavy atom. The highest BCUT2D eigenvalue weighted by Crippen LogP contribution is 2.27. The first-order chi connectivity index (χ1) is 9.70. The molecule has 0 atom stereocenters. The lowest BCUT2D eigenvalue weighted by atomic mass is 9.91.